The lowest BCUT2D eigenvalue weighted by Crippen LogP contribution is -2.27. The number of nitrogens with one attached hydrogen (secondary N) is 1. The number of fused-ring (bicyclic) bond motifs is 1. The van der Waals surface area contributed by atoms with Crippen LogP contribution in [0.2, 0.25) is 15.1 Å². The van der Waals surface area contributed by atoms with Crippen LogP contribution in [-0.2, 0) is 6.42 Å². The van der Waals surface area contributed by atoms with Gasteiger partial charge in [0.15, 0.2) is 0 Å². The lowest BCUT2D eigenvalue weighted by molar-refractivity contribution is 0.216. The van der Waals surface area contributed by atoms with Crippen LogP contribution in [0.15, 0.2) is 29.2 Å². The van der Waals surface area contributed by atoms with Crippen LogP contribution < -0.4 is 15.8 Å². The second-order valence-electron chi connectivity index (χ2n) is 6.81. The van der Waals surface area contributed by atoms with Crippen molar-refractivity contribution in [3.05, 3.63) is 44.9 Å². The number of nitrogens with two attached hydrogens (primary N) is 1. The van der Waals surface area contributed by atoms with E-state index in [4.69, 9.17) is 45.3 Å². The van der Waals surface area contributed by atoms with Gasteiger partial charge in [0.2, 0.25) is 0 Å². The molecule has 3 nitrogen and oxygen atoms in total. The van der Waals surface area contributed by atoms with E-state index >= 15 is 0 Å². The monoisotopic (exact) mass is 444 g/mol. The van der Waals surface area contributed by atoms with Gasteiger partial charge in [0.25, 0.3) is 0 Å². The number of halogens is 3. The molecule has 1 heterocycles. The number of hydrogen-bond donors (Lipinski definition) is 2. The van der Waals surface area contributed by atoms with Gasteiger partial charge in [-0.2, -0.15) is 0 Å². The summed E-state index contributed by atoms with van der Waals surface area (Å²) in [7, 11) is 0. The molecule has 0 aliphatic carbocycles. The molecular formula is C20H23Cl3N2OS. The molecule has 0 aromatic heterocycles. The smallest absolute Gasteiger partial charge is 0.136 e. The molecule has 3 N–H and O–H groups in total. The van der Waals surface area contributed by atoms with Gasteiger partial charge in [0.05, 0.1) is 14.9 Å². The van der Waals surface area contributed by atoms with Gasteiger partial charge in [-0.15, -0.1) is 11.8 Å². The first-order chi connectivity index (χ1) is 12.9. The van der Waals surface area contributed by atoms with Crippen LogP contribution in [0.3, 0.4) is 0 Å². The third-order valence-electron chi connectivity index (χ3n) is 4.31. The molecule has 1 aliphatic rings. The van der Waals surface area contributed by atoms with Crippen LogP contribution in [0, 0.1) is 0 Å². The minimum Gasteiger partial charge on any atom is -0.489 e. The van der Waals surface area contributed by atoms with E-state index in [1.165, 1.54) is 5.56 Å². The molecule has 7 heteroatoms. The van der Waals surface area contributed by atoms with Crippen molar-refractivity contribution in [2.45, 2.75) is 42.9 Å². The predicted molar refractivity (Wildman–Crippen MR) is 118 cm³/mol. The molecule has 0 spiro atoms. The first-order valence-electron chi connectivity index (χ1n) is 8.95. The van der Waals surface area contributed by atoms with Crippen LogP contribution in [0.5, 0.6) is 5.75 Å². The van der Waals surface area contributed by atoms with E-state index in [0.717, 1.165) is 41.2 Å². The Bertz CT molecular complexity index is 806. The van der Waals surface area contributed by atoms with Gasteiger partial charge in [0, 0.05) is 28.9 Å². The van der Waals surface area contributed by atoms with E-state index in [9.17, 15) is 0 Å². The van der Waals surface area contributed by atoms with E-state index in [1.807, 2.05) is 0 Å². The van der Waals surface area contributed by atoms with Crippen LogP contribution in [0.25, 0.3) is 11.1 Å². The lowest BCUT2D eigenvalue weighted by Gasteiger charge is -2.15. The Morgan fingerprint density at radius 3 is 2.52 bits per heavy atom. The number of benzene rings is 2. The van der Waals surface area contributed by atoms with Crippen molar-refractivity contribution in [3.63, 3.8) is 0 Å². The third kappa shape index (κ3) is 5.06. The summed E-state index contributed by atoms with van der Waals surface area (Å²) in [5.74, 6) is 0.983. The zero-order chi connectivity index (χ0) is 19.6. The van der Waals surface area contributed by atoms with Crippen molar-refractivity contribution >= 4 is 46.6 Å². The molecule has 0 radical (unpaired) electrons. The fourth-order valence-electron chi connectivity index (χ4n) is 3.23. The second kappa shape index (κ2) is 9.25. The average Bonchev–Trinajstić information content (AvgIpc) is 2.97. The Labute approximate surface area is 179 Å². The summed E-state index contributed by atoms with van der Waals surface area (Å²) in [6, 6.07) is 7.71. The van der Waals surface area contributed by atoms with E-state index in [2.05, 4.69) is 31.3 Å². The second-order valence-corrected chi connectivity index (χ2v) is 9.68. The molecule has 0 fully saturated rings. The molecule has 3 rings (SSSR count). The van der Waals surface area contributed by atoms with E-state index in [0.29, 0.717) is 27.0 Å². The van der Waals surface area contributed by atoms with Gasteiger partial charge in [-0.1, -0.05) is 48.7 Å². The van der Waals surface area contributed by atoms with Crippen LogP contribution in [0.4, 0.5) is 0 Å². The highest BCUT2D eigenvalue weighted by molar-refractivity contribution is 8.00. The van der Waals surface area contributed by atoms with E-state index in [1.54, 1.807) is 23.9 Å². The molecule has 2 aromatic rings. The zero-order valence-electron chi connectivity index (χ0n) is 15.3. The maximum Gasteiger partial charge on any atom is 0.136 e. The van der Waals surface area contributed by atoms with Crippen molar-refractivity contribution in [1.29, 1.82) is 0 Å². The van der Waals surface area contributed by atoms with Crippen molar-refractivity contribution in [2.75, 3.05) is 13.2 Å². The molecule has 0 bridgehead atoms. The molecular weight excluding hydrogens is 423 g/mol. The predicted octanol–water partition coefficient (Wildman–Crippen LogP) is 6.01. The van der Waals surface area contributed by atoms with Crippen molar-refractivity contribution < 1.29 is 4.74 Å². The molecule has 1 aliphatic heterocycles. The van der Waals surface area contributed by atoms with E-state index in [-0.39, 0.29) is 6.10 Å². The standard InChI is InChI=1S/C20H23Cl3N2OS/c1-11(2)27-18-7-12(19-16(22)8-14(21)9-17(19)23)5-13-6-15(26-20(13)18)3-4-25-10-24/h5,7-9,11,15,25H,3-4,6,10,24H2,1-2H3/t15-/m0/s1. The number of ether oxygens (including phenoxy) is 1. The van der Waals surface area contributed by atoms with Gasteiger partial charge >= 0.3 is 0 Å². The summed E-state index contributed by atoms with van der Waals surface area (Å²) in [6.45, 7) is 5.66. The molecule has 0 amide bonds. The zero-order valence-corrected chi connectivity index (χ0v) is 18.4. The minimum absolute atomic E-state index is 0.150. The van der Waals surface area contributed by atoms with Crippen LogP contribution >= 0.6 is 46.6 Å². The molecule has 0 saturated carbocycles. The van der Waals surface area contributed by atoms with Crippen molar-refractivity contribution in [3.8, 4) is 16.9 Å². The van der Waals surface area contributed by atoms with Crippen molar-refractivity contribution in [2.24, 2.45) is 5.73 Å². The van der Waals surface area contributed by atoms with Crippen molar-refractivity contribution in [1.82, 2.24) is 5.32 Å². The van der Waals surface area contributed by atoms with Crippen LogP contribution in [-0.4, -0.2) is 24.6 Å². The first kappa shape index (κ1) is 21.1. The fraction of sp³-hybridized carbons (Fsp3) is 0.400. The third-order valence-corrected chi connectivity index (χ3v) is 6.15. The van der Waals surface area contributed by atoms with Gasteiger partial charge in [-0.3, -0.25) is 0 Å². The first-order valence-corrected chi connectivity index (χ1v) is 11.0. The summed E-state index contributed by atoms with van der Waals surface area (Å²) in [5, 5.41) is 5.22. The molecule has 0 unspecified atom stereocenters. The summed E-state index contributed by atoms with van der Waals surface area (Å²) in [5.41, 5.74) is 8.50. The number of thioether (sulfide) groups is 1. The number of rotatable bonds is 7. The molecule has 1 atom stereocenters. The summed E-state index contributed by atoms with van der Waals surface area (Å²) in [4.78, 5) is 1.12. The summed E-state index contributed by atoms with van der Waals surface area (Å²) in [6.07, 6.45) is 1.93. The largest absolute Gasteiger partial charge is 0.489 e. The highest BCUT2D eigenvalue weighted by Gasteiger charge is 2.27. The van der Waals surface area contributed by atoms with E-state index < -0.39 is 0 Å². The Morgan fingerprint density at radius 1 is 1.19 bits per heavy atom. The van der Waals surface area contributed by atoms with Gasteiger partial charge in [-0.05, 0) is 48.4 Å². The summed E-state index contributed by atoms with van der Waals surface area (Å²) < 4.78 is 6.27. The Hall–Kier alpha value is -0.620. The SMILES string of the molecule is CC(C)Sc1cc(-c2c(Cl)cc(Cl)cc2Cl)cc2c1O[C@@H](CCNCN)C2. The molecule has 2 aromatic carbocycles. The highest BCUT2D eigenvalue weighted by atomic mass is 35.5. The Kier molecular flexibility index (Phi) is 7.23. The molecule has 146 valence electrons. The van der Waals surface area contributed by atoms with Gasteiger partial charge < -0.3 is 15.8 Å². The number of hydrogen-bond acceptors (Lipinski definition) is 4. The maximum atomic E-state index is 6.46. The topological polar surface area (TPSA) is 47.3 Å². The normalized spacial score (nSPS) is 15.9. The molecule has 27 heavy (non-hydrogen) atoms. The quantitative estimate of drug-likeness (QED) is 0.311. The average molecular weight is 446 g/mol. The van der Waals surface area contributed by atoms with Gasteiger partial charge in [0.1, 0.15) is 11.9 Å². The highest BCUT2D eigenvalue weighted by Crippen LogP contribution is 2.46. The minimum atomic E-state index is 0.150. The van der Waals surface area contributed by atoms with Crippen LogP contribution in [0.1, 0.15) is 25.8 Å². The summed E-state index contributed by atoms with van der Waals surface area (Å²) >= 11 is 20.8. The molecule has 0 saturated heterocycles. The Balaban J connectivity index is 1.99. The van der Waals surface area contributed by atoms with Gasteiger partial charge in [-0.25, -0.2) is 0 Å². The fourth-order valence-corrected chi connectivity index (χ4v) is 5.25. The lowest BCUT2D eigenvalue weighted by atomic mass is 10.00. The Morgan fingerprint density at radius 2 is 1.89 bits per heavy atom. The maximum absolute atomic E-state index is 6.46.